The fourth-order valence-electron chi connectivity index (χ4n) is 2.24. The van der Waals surface area contributed by atoms with Crippen LogP contribution in [0.25, 0.3) is 11.5 Å². The Morgan fingerprint density at radius 3 is 2.45 bits per heavy atom. The van der Waals surface area contributed by atoms with Gasteiger partial charge in [0.05, 0.1) is 23.3 Å². The average Bonchev–Trinajstić information content (AvgIpc) is 3.21. The summed E-state index contributed by atoms with van der Waals surface area (Å²) in [5.41, 5.74) is 1.40. The van der Waals surface area contributed by atoms with Crippen LogP contribution in [0.2, 0.25) is 0 Å². The van der Waals surface area contributed by atoms with E-state index in [9.17, 15) is 19.7 Å². The van der Waals surface area contributed by atoms with E-state index >= 15 is 0 Å². The van der Waals surface area contributed by atoms with E-state index in [4.69, 9.17) is 4.42 Å². The molecule has 11 heteroatoms. The summed E-state index contributed by atoms with van der Waals surface area (Å²) in [4.78, 5) is 33.6. The van der Waals surface area contributed by atoms with Crippen LogP contribution in [0.1, 0.15) is 10.4 Å². The van der Waals surface area contributed by atoms with Crippen molar-refractivity contribution < 1.29 is 23.7 Å². The van der Waals surface area contributed by atoms with Crippen LogP contribution < -0.4 is 5.32 Å². The minimum Gasteiger partial charge on any atom is -0.465 e. The maximum atomic E-state index is 12.1. The standard InChI is InChI=1S/C18H14N4O6S/c1-27-17(24)12-2-6-13(7-3-12)19-15(23)10-29-18-21-20-16(28-18)11-4-8-14(9-5-11)22(25)26/h2-9H,10H2,1H3,(H,19,23). The average molecular weight is 414 g/mol. The molecule has 1 N–H and O–H groups in total. The minimum absolute atomic E-state index is 0.0284. The van der Waals surface area contributed by atoms with E-state index in [0.29, 0.717) is 16.8 Å². The highest BCUT2D eigenvalue weighted by molar-refractivity contribution is 7.99. The van der Waals surface area contributed by atoms with Gasteiger partial charge in [-0.1, -0.05) is 11.8 Å². The number of rotatable bonds is 7. The Balaban J connectivity index is 1.54. The number of hydrogen-bond acceptors (Lipinski definition) is 9. The van der Waals surface area contributed by atoms with Crippen molar-refractivity contribution in [2.45, 2.75) is 5.22 Å². The normalized spacial score (nSPS) is 10.4. The lowest BCUT2D eigenvalue weighted by Gasteiger charge is -2.05. The topological polar surface area (TPSA) is 137 Å². The molecule has 1 amide bonds. The number of nitrogens with one attached hydrogen (secondary N) is 1. The van der Waals surface area contributed by atoms with Gasteiger partial charge >= 0.3 is 5.97 Å². The van der Waals surface area contributed by atoms with Crippen LogP contribution in [-0.2, 0) is 9.53 Å². The number of esters is 1. The minimum atomic E-state index is -0.500. The summed E-state index contributed by atoms with van der Waals surface area (Å²) in [5, 5.41) is 21.3. The molecule has 3 rings (SSSR count). The molecule has 0 saturated carbocycles. The van der Waals surface area contributed by atoms with Gasteiger partial charge in [0, 0.05) is 23.4 Å². The highest BCUT2D eigenvalue weighted by Gasteiger charge is 2.13. The van der Waals surface area contributed by atoms with Gasteiger partial charge in [-0.15, -0.1) is 10.2 Å². The second-order valence-electron chi connectivity index (χ2n) is 5.58. The van der Waals surface area contributed by atoms with Crippen LogP contribution in [0.5, 0.6) is 0 Å². The van der Waals surface area contributed by atoms with Crippen LogP contribution >= 0.6 is 11.8 Å². The summed E-state index contributed by atoms with van der Waals surface area (Å²) < 4.78 is 10.1. The summed E-state index contributed by atoms with van der Waals surface area (Å²) in [6.45, 7) is 0. The van der Waals surface area contributed by atoms with E-state index in [1.54, 1.807) is 24.3 Å². The van der Waals surface area contributed by atoms with Crippen molar-refractivity contribution in [1.82, 2.24) is 10.2 Å². The van der Waals surface area contributed by atoms with Gasteiger partial charge in [0.25, 0.3) is 10.9 Å². The molecule has 1 aromatic heterocycles. The molecule has 0 unspecified atom stereocenters. The number of methoxy groups -OCH3 is 1. The third-order valence-electron chi connectivity index (χ3n) is 3.65. The summed E-state index contributed by atoms with van der Waals surface area (Å²) in [7, 11) is 1.29. The summed E-state index contributed by atoms with van der Waals surface area (Å²) in [5.74, 6) is -0.531. The van der Waals surface area contributed by atoms with Crippen molar-refractivity contribution in [2.24, 2.45) is 0 Å². The molecule has 0 aliphatic rings. The molecule has 0 atom stereocenters. The third kappa shape index (κ3) is 5.17. The number of hydrogen-bond donors (Lipinski definition) is 1. The van der Waals surface area contributed by atoms with E-state index in [1.807, 2.05) is 0 Å². The van der Waals surface area contributed by atoms with Crippen LogP contribution in [-0.4, -0.2) is 39.9 Å². The number of aromatic nitrogens is 2. The number of non-ortho nitro benzene ring substituents is 1. The lowest BCUT2D eigenvalue weighted by molar-refractivity contribution is -0.384. The monoisotopic (exact) mass is 414 g/mol. The second-order valence-corrected chi connectivity index (χ2v) is 6.51. The third-order valence-corrected chi connectivity index (χ3v) is 4.47. The highest BCUT2D eigenvalue weighted by atomic mass is 32.2. The zero-order chi connectivity index (χ0) is 20.8. The van der Waals surface area contributed by atoms with E-state index in [0.717, 1.165) is 11.8 Å². The SMILES string of the molecule is COC(=O)c1ccc(NC(=O)CSc2nnc(-c3ccc([N+](=O)[O-])cc3)o2)cc1. The van der Waals surface area contributed by atoms with Crippen molar-refractivity contribution in [3.05, 3.63) is 64.2 Å². The first-order valence-corrected chi connectivity index (χ1v) is 9.14. The molecule has 3 aromatic rings. The first-order chi connectivity index (χ1) is 14.0. The Bertz CT molecular complexity index is 1030. The molecule has 0 saturated heterocycles. The van der Waals surface area contributed by atoms with Crippen molar-refractivity contribution in [2.75, 3.05) is 18.2 Å². The molecule has 0 radical (unpaired) electrons. The van der Waals surface area contributed by atoms with Gasteiger partial charge in [-0.3, -0.25) is 14.9 Å². The Kier molecular flexibility index (Phi) is 6.19. The van der Waals surface area contributed by atoms with Gasteiger partial charge < -0.3 is 14.5 Å². The number of ether oxygens (including phenoxy) is 1. The molecule has 148 valence electrons. The number of nitro groups is 1. The molecule has 0 spiro atoms. The van der Waals surface area contributed by atoms with Gasteiger partial charge in [-0.2, -0.15) is 0 Å². The van der Waals surface area contributed by atoms with Gasteiger partial charge in [0.15, 0.2) is 0 Å². The fraction of sp³-hybridized carbons (Fsp3) is 0.111. The predicted octanol–water partition coefficient (Wildman–Crippen LogP) is 3.16. The number of carbonyl (C=O) groups excluding carboxylic acids is 2. The summed E-state index contributed by atoms with van der Waals surface area (Å²) in [6, 6.07) is 12.0. The van der Waals surface area contributed by atoms with Crippen LogP contribution in [0.3, 0.4) is 0 Å². The number of amides is 1. The smallest absolute Gasteiger partial charge is 0.337 e. The zero-order valence-electron chi connectivity index (χ0n) is 15.0. The number of nitrogens with zero attached hydrogens (tertiary/aromatic N) is 3. The van der Waals surface area contributed by atoms with Crippen molar-refractivity contribution in [3.8, 4) is 11.5 Å². The first kappa shape index (κ1) is 20.0. The van der Waals surface area contributed by atoms with E-state index in [1.165, 1.54) is 31.4 Å². The number of benzene rings is 2. The van der Waals surface area contributed by atoms with Crippen molar-refractivity contribution in [3.63, 3.8) is 0 Å². The molecule has 0 aliphatic carbocycles. The van der Waals surface area contributed by atoms with E-state index in [-0.39, 0.29) is 28.5 Å². The molecule has 2 aromatic carbocycles. The highest BCUT2D eigenvalue weighted by Crippen LogP contribution is 2.25. The molecule has 0 aliphatic heterocycles. The quantitative estimate of drug-likeness (QED) is 0.267. The molecular formula is C18H14N4O6S. The molecular weight excluding hydrogens is 400 g/mol. The fourth-order valence-corrected chi connectivity index (χ4v) is 2.81. The Hall–Kier alpha value is -3.73. The number of carbonyl (C=O) groups is 2. The van der Waals surface area contributed by atoms with Crippen LogP contribution in [0.4, 0.5) is 11.4 Å². The summed E-state index contributed by atoms with van der Waals surface area (Å²) >= 11 is 1.05. The number of anilines is 1. The van der Waals surface area contributed by atoms with E-state index < -0.39 is 10.9 Å². The van der Waals surface area contributed by atoms with Gasteiger partial charge in [-0.05, 0) is 36.4 Å². The largest absolute Gasteiger partial charge is 0.465 e. The Labute approximate surface area is 168 Å². The summed E-state index contributed by atoms with van der Waals surface area (Å²) in [6.07, 6.45) is 0. The molecule has 1 heterocycles. The first-order valence-electron chi connectivity index (χ1n) is 8.15. The van der Waals surface area contributed by atoms with E-state index in [2.05, 4.69) is 20.3 Å². The maximum absolute atomic E-state index is 12.1. The van der Waals surface area contributed by atoms with Gasteiger partial charge in [0.2, 0.25) is 11.8 Å². The lowest BCUT2D eigenvalue weighted by atomic mass is 10.2. The predicted molar refractivity (Wildman–Crippen MR) is 104 cm³/mol. The Morgan fingerprint density at radius 2 is 1.83 bits per heavy atom. The Morgan fingerprint density at radius 1 is 1.14 bits per heavy atom. The second kappa shape index (κ2) is 8.97. The molecule has 10 nitrogen and oxygen atoms in total. The van der Waals surface area contributed by atoms with Crippen molar-refractivity contribution in [1.29, 1.82) is 0 Å². The molecule has 29 heavy (non-hydrogen) atoms. The molecule has 0 fully saturated rings. The number of nitro benzene ring substituents is 1. The van der Waals surface area contributed by atoms with Crippen molar-refractivity contribution >= 4 is 35.0 Å². The van der Waals surface area contributed by atoms with Gasteiger partial charge in [0.1, 0.15) is 0 Å². The zero-order valence-corrected chi connectivity index (χ0v) is 15.8. The maximum Gasteiger partial charge on any atom is 0.337 e. The van der Waals surface area contributed by atoms with Crippen LogP contribution in [0.15, 0.2) is 58.2 Å². The number of thioether (sulfide) groups is 1. The lowest BCUT2D eigenvalue weighted by Crippen LogP contribution is -2.14. The van der Waals surface area contributed by atoms with Gasteiger partial charge in [-0.25, -0.2) is 4.79 Å². The molecule has 0 bridgehead atoms. The van der Waals surface area contributed by atoms with Crippen LogP contribution in [0, 0.1) is 10.1 Å².